The molecule has 0 aromatic heterocycles. The van der Waals surface area contributed by atoms with Crippen molar-refractivity contribution in [1.82, 2.24) is 4.90 Å². The van der Waals surface area contributed by atoms with Gasteiger partial charge in [-0.3, -0.25) is 9.69 Å². The first kappa shape index (κ1) is 20.2. The van der Waals surface area contributed by atoms with Gasteiger partial charge in [-0.2, -0.15) is 11.8 Å². The number of nitrogens with zero attached hydrogens (tertiary/aromatic N) is 1. The van der Waals surface area contributed by atoms with Crippen molar-refractivity contribution in [1.29, 1.82) is 0 Å². The van der Waals surface area contributed by atoms with Gasteiger partial charge in [-0.15, -0.1) is 0 Å². The smallest absolute Gasteiger partial charge is 0.236 e. The average molecular weight is 431 g/mol. The Kier molecular flexibility index (Phi) is 5.70. The SMILES string of the molecule is Cc1cc(CN2CCSCC2)ccc1NC(=O)C1c2ccccc2Oc2ccccc21. The molecule has 0 bridgehead atoms. The molecule has 0 saturated carbocycles. The number of thioether (sulfide) groups is 1. The van der Waals surface area contributed by atoms with Crippen LogP contribution in [0.3, 0.4) is 0 Å². The van der Waals surface area contributed by atoms with Crippen LogP contribution >= 0.6 is 11.8 Å². The van der Waals surface area contributed by atoms with E-state index in [1.165, 1.54) is 17.1 Å². The van der Waals surface area contributed by atoms with E-state index in [1.54, 1.807) is 0 Å². The van der Waals surface area contributed by atoms with E-state index in [-0.39, 0.29) is 5.91 Å². The highest BCUT2D eigenvalue weighted by Crippen LogP contribution is 2.44. The molecule has 0 aliphatic carbocycles. The minimum atomic E-state index is -0.397. The standard InChI is InChI=1S/C26H26N2O2S/c1-18-16-19(17-28-12-14-31-15-13-28)10-11-22(18)27-26(29)25-20-6-2-4-8-23(20)30-24-9-5-3-7-21(24)25/h2-11,16,25H,12-15,17H2,1H3,(H,27,29). The summed E-state index contributed by atoms with van der Waals surface area (Å²) in [6, 6.07) is 21.9. The van der Waals surface area contributed by atoms with Crippen LogP contribution in [0.2, 0.25) is 0 Å². The highest BCUT2D eigenvalue weighted by atomic mass is 32.2. The predicted molar refractivity (Wildman–Crippen MR) is 127 cm³/mol. The first-order valence-corrected chi connectivity index (χ1v) is 11.9. The fourth-order valence-corrected chi connectivity index (χ4v) is 5.36. The van der Waals surface area contributed by atoms with Gasteiger partial charge in [-0.1, -0.05) is 48.5 Å². The summed E-state index contributed by atoms with van der Waals surface area (Å²) in [5.74, 6) is 3.47. The minimum Gasteiger partial charge on any atom is -0.457 e. The zero-order valence-electron chi connectivity index (χ0n) is 17.6. The van der Waals surface area contributed by atoms with E-state index >= 15 is 0 Å². The third-order valence-electron chi connectivity index (χ3n) is 6.00. The van der Waals surface area contributed by atoms with Gasteiger partial charge in [0.05, 0.1) is 5.92 Å². The number of nitrogens with one attached hydrogen (secondary N) is 1. The molecule has 0 radical (unpaired) electrons. The van der Waals surface area contributed by atoms with Crippen LogP contribution in [-0.4, -0.2) is 35.4 Å². The third kappa shape index (κ3) is 4.21. The number of anilines is 1. The Bertz CT molecular complexity index is 1060. The highest BCUT2D eigenvalue weighted by molar-refractivity contribution is 7.99. The van der Waals surface area contributed by atoms with Gasteiger partial charge in [0.2, 0.25) is 5.91 Å². The lowest BCUT2D eigenvalue weighted by Gasteiger charge is -2.28. The molecule has 1 saturated heterocycles. The quantitative estimate of drug-likeness (QED) is 0.600. The number of aryl methyl sites for hydroxylation is 1. The maximum Gasteiger partial charge on any atom is 0.236 e. The van der Waals surface area contributed by atoms with Gasteiger partial charge in [0.15, 0.2) is 0 Å². The number of fused-ring (bicyclic) bond motifs is 2. The summed E-state index contributed by atoms with van der Waals surface area (Å²) in [6.07, 6.45) is 0. The summed E-state index contributed by atoms with van der Waals surface area (Å²) < 4.78 is 6.03. The Morgan fingerprint density at radius 3 is 2.29 bits per heavy atom. The number of rotatable bonds is 4. The van der Waals surface area contributed by atoms with E-state index < -0.39 is 5.92 Å². The molecule has 0 spiro atoms. The summed E-state index contributed by atoms with van der Waals surface area (Å²) >= 11 is 2.03. The molecule has 1 fully saturated rings. The average Bonchev–Trinajstić information content (AvgIpc) is 2.80. The Morgan fingerprint density at radius 2 is 1.65 bits per heavy atom. The van der Waals surface area contributed by atoms with E-state index in [2.05, 4.69) is 29.3 Å². The number of benzene rings is 3. The maximum absolute atomic E-state index is 13.5. The summed E-state index contributed by atoms with van der Waals surface area (Å²) in [6.45, 7) is 5.32. The minimum absolute atomic E-state index is 0.0351. The zero-order chi connectivity index (χ0) is 21.2. The van der Waals surface area contributed by atoms with Crippen molar-refractivity contribution in [3.8, 4) is 11.5 Å². The second kappa shape index (κ2) is 8.77. The van der Waals surface area contributed by atoms with Crippen molar-refractivity contribution in [2.24, 2.45) is 0 Å². The predicted octanol–water partition coefficient (Wildman–Crippen LogP) is 5.42. The van der Waals surface area contributed by atoms with Crippen LogP contribution < -0.4 is 10.1 Å². The lowest BCUT2D eigenvalue weighted by atomic mass is 9.87. The van der Waals surface area contributed by atoms with Crippen LogP contribution in [0, 0.1) is 6.92 Å². The number of hydrogen-bond donors (Lipinski definition) is 1. The Morgan fingerprint density at radius 1 is 1.00 bits per heavy atom. The van der Waals surface area contributed by atoms with Gasteiger partial charge in [-0.05, 0) is 36.2 Å². The van der Waals surface area contributed by atoms with E-state index in [9.17, 15) is 4.79 Å². The molecule has 2 aliphatic heterocycles. The molecular weight excluding hydrogens is 404 g/mol. The molecular formula is C26H26N2O2S. The van der Waals surface area contributed by atoms with Crippen molar-refractivity contribution in [3.63, 3.8) is 0 Å². The van der Waals surface area contributed by atoms with E-state index in [1.807, 2.05) is 66.4 Å². The molecule has 1 N–H and O–H groups in total. The summed E-state index contributed by atoms with van der Waals surface area (Å²) in [4.78, 5) is 16.0. The Labute approximate surface area is 187 Å². The van der Waals surface area contributed by atoms with Crippen molar-refractivity contribution in [3.05, 3.63) is 89.0 Å². The maximum atomic E-state index is 13.5. The van der Waals surface area contributed by atoms with Crippen LogP contribution in [0.5, 0.6) is 11.5 Å². The molecule has 5 rings (SSSR count). The Hall–Kier alpha value is -2.76. The molecule has 31 heavy (non-hydrogen) atoms. The molecule has 1 amide bonds. The number of carbonyl (C=O) groups is 1. The van der Waals surface area contributed by atoms with Crippen molar-refractivity contribution in [2.75, 3.05) is 29.9 Å². The lowest BCUT2D eigenvalue weighted by molar-refractivity contribution is -0.116. The normalized spacial score (nSPS) is 16.2. The zero-order valence-corrected chi connectivity index (χ0v) is 18.5. The number of para-hydroxylation sites is 2. The van der Waals surface area contributed by atoms with Gasteiger partial charge in [0.1, 0.15) is 11.5 Å². The van der Waals surface area contributed by atoms with Crippen LogP contribution in [0.1, 0.15) is 28.2 Å². The molecule has 5 heteroatoms. The molecule has 2 heterocycles. The van der Waals surface area contributed by atoms with Crippen molar-refractivity contribution >= 4 is 23.4 Å². The van der Waals surface area contributed by atoms with E-state index in [0.717, 1.165) is 53.5 Å². The van der Waals surface area contributed by atoms with Gasteiger partial charge >= 0.3 is 0 Å². The van der Waals surface area contributed by atoms with E-state index in [4.69, 9.17) is 4.74 Å². The van der Waals surface area contributed by atoms with Crippen LogP contribution in [0.15, 0.2) is 66.7 Å². The summed E-state index contributed by atoms with van der Waals surface area (Å²) in [5.41, 5.74) is 5.05. The second-order valence-electron chi connectivity index (χ2n) is 8.14. The lowest BCUT2D eigenvalue weighted by Crippen LogP contribution is -2.32. The van der Waals surface area contributed by atoms with Crippen LogP contribution in [-0.2, 0) is 11.3 Å². The van der Waals surface area contributed by atoms with Gasteiger partial charge in [-0.25, -0.2) is 0 Å². The van der Waals surface area contributed by atoms with Gasteiger partial charge < -0.3 is 10.1 Å². The van der Waals surface area contributed by atoms with Gasteiger partial charge in [0, 0.05) is 48.0 Å². The molecule has 0 unspecified atom stereocenters. The number of ether oxygens (including phenoxy) is 1. The topological polar surface area (TPSA) is 41.6 Å². The van der Waals surface area contributed by atoms with Crippen LogP contribution in [0.4, 0.5) is 5.69 Å². The largest absolute Gasteiger partial charge is 0.457 e. The summed E-state index contributed by atoms with van der Waals surface area (Å²) in [7, 11) is 0. The second-order valence-corrected chi connectivity index (χ2v) is 9.36. The molecule has 4 nitrogen and oxygen atoms in total. The molecule has 0 atom stereocenters. The highest BCUT2D eigenvalue weighted by Gasteiger charge is 2.32. The molecule has 2 aliphatic rings. The number of hydrogen-bond acceptors (Lipinski definition) is 4. The molecule has 158 valence electrons. The first-order valence-electron chi connectivity index (χ1n) is 10.8. The Balaban J connectivity index is 1.38. The molecule has 3 aromatic rings. The van der Waals surface area contributed by atoms with Crippen LogP contribution in [0.25, 0.3) is 0 Å². The van der Waals surface area contributed by atoms with Gasteiger partial charge in [0.25, 0.3) is 0 Å². The fraction of sp³-hybridized carbons (Fsp3) is 0.269. The number of carbonyl (C=O) groups excluding carboxylic acids is 1. The first-order chi connectivity index (χ1) is 15.2. The van der Waals surface area contributed by atoms with Crippen molar-refractivity contribution < 1.29 is 9.53 Å². The van der Waals surface area contributed by atoms with Crippen molar-refractivity contribution in [2.45, 2.75) is 19.4 Å². The fourth-order valence-electron chi connectivity index (χ4n) is 4.38. The third-order valence-corrected chi connectivity index (χ3v) is 6.94. The number of amides is 1. The van der Waals surface area contributed by atoms with E-state index in [0.29, 0.717) is 0 Å². The monoisotopic (exact) mass is 430 g/mol. The molecule has 3 aromatic carbocycles. The summed E-state index contributed by atoms with van der Waals surface area (Å²) in [5, 5.41) is 3.18.